The third-order valence-corrected chi connectivity index (χ3v) is 7.29. The molecule has 9 nitrogen and oxygen atoms in total. The molecule has 14 heteroatoms. The van der Waals surface area contributed by atoms with Crippen molar-refractivity contribution in [2.24, 2.45) is 0 Å². The van der Waals surface area contributed by atoms with Gasteiger partial charge in [-0.15, -0.1) is 0 Å². The van der Waals surface area contributed by atoms with Gasteiger partial charge in [-0.3, -0.25) is 0 Å². The minimum atomic E-state index is -4.76. The van der Waals surface area contributed by atoms with E-state index in [0.29, 0.717) is 5.69 Å². The summed E-state index contributed by atoms with van der Waals surface area (Å²) in [6, 6.07) is 10.4. The molecular weight excluding hydrogens is 506 g/mol. The number of sulfonamides is 1. The zero-order valence-corrected chi connectivity index (χ0v) is 19.2. The van der Waals surface area contributed by atoms with Crippen LogP contribution in [0.4, 0.5) is 35.0 Å². The molecule has 0 spiro atoms. The minimum Gasteiger partial charge on any atom is -0.478 e. The van der Waals surface area contributed by atoms with Crippen molar-refractivity contribution in [1.82, 2.24) is 14.3 Å². The molecule has 0 amide bonds. The summed E-state index contributed by atoms with van der Waals surface area (Å²) in [7, 11) is -3.94. The number of carboxylic acids is 1. The fraction of sp³-hybridized carbons (Fsp3) is 0.227. The molecule has 0 unspecified atom stereocenters. The van der Waals surface area contributed by atoms with E-state index in [9.17, 15) is 30.8 Å². The van der Waals surface area contributed by atoms with Gasteiger partial charge in [0.1, 0.15) is 11.6 Å². The number of hydrogen-bond acceptors (Lipinski definition) is 7. The van der Waals surface area contributed by atoms with Crippen LogP contribution in [0.2, 0.25) is 0 Å². The fourth-order valence-electron chi connectivity index (χ4n) is 3.51. The summed E-state index contributed by atoms with van der Waals surface area (Å²) in [6.45, 7) is -0.0693. The fourth-order valence-corrected chi connectivity index (χ4v) is 4.94. The Hall–Kier alpha value is -3.78. The summed E-state index contributed by atoms with van der Waals surface area (Å²) in [5, 5.41) is 11.7. The highest BCUT2D eigenvalue weighted by molar-refractivity contribution is 7.89. The van der Waals surface area contributed by atoms with Gasteiger partial charge in [0.05, 0.1) is 10.5 Å². The predicted octanol–water partition coefficient (Wildman–Crippen LogP) is 3.59. The number of aromatic carboxylic acids is 1. The first-order chi connectivity index (χ1) is 16.9. The molecule has 2 N–H and O–H groups in total. The van der Waals surface area contributed by atoms with Crippen LogP contribution >= 0.6 is 0 Å². The lowest BCUT2D eigenvalue weighted by Crippen LogP contribution is -2.49. The van der Waals surface area contributed by atoms with Gasteiger partial charge in [0.25, 0.3) is 0 Å². The quantitative estimate of drug-likeness (QED) is 0.470. The molecule has 3 aromatic rings. The molecule has 36 heavy (non-hydrogen) atoms. The maximum Gasteiger partial charge on any atom is 0.433 e. The second-order valence-corrected chi connectivity index (χ2v) is 9.73. The van der Waals surface area contributed by atoms with Crippen LogP contribution in [0.5, 0.6) is 0 Å². The first kappa shape index (κ1) is 25.3. The van der Waals surface area contributed by atoms with Crippen molar-refractivity contribution in [1.29, 1.82) is 0 Å². The lowest BCUT2D eigenvalue weighted by molar-refractivity contribution is -0.141. The molecule has 1 saturated heterocycles. The Morgan fingerprint density at radius 3 is 2.11 bits per heavy atom. The van der Waals surface area contributed by atoms with E-state index >= 15 is 0 Å². The Balaban J connectivity index is 1.53. The first-order valence-electron chi connectivity index (χ1n) is 10.5. The number of hydrogen-bond donors (Lipinski definition) is 2. The van der Waals surface area contributed by atoms with Crippen LogP contribution in [0.1, 0.15) is 16.1 Å². The van der Waals surface area contributed by atoms with Crippen molar-refractivity contribution in [3.8, 4) is 0 Å². The number of benzene rings is 2. The highest BCUT2D eigenvalue weighted by atomic mass is 32.2. The summed E-state index contributed by atoms with van der Waals surface area (Å²) in [5.41, 5.74) is -0.935. The van der Waals surface area contributed by atoms with Gasteiger partial charge in [0.2, 0.25) is 16.0 Å². The summed E-state index contributed by atoms with van der Waals surface area (Å²) in [5.74, 6) is -2.10. The second-order valence-electron chi connectivity index (χ2n) is 7.79. The molecule has 0 saturated carbocycles. The van der Waals surface area contributed by atoms with Gasteiger partial charge in [-0.05, 0) is 48.5 Å². The van der Waals surface area contributed by atoms with Gasteiger partial charge < -0.3 is 15.3 Å². The number of anilines is 3. The van der Waals surface area contributed by atoms with Gasteiger partial charge in [-0.1, -0.05) is 0 Å². The van der Waals surface area contributed by atoms with Crippen LogP contribution in [-0.2, 0) is 16.2 Å². The van der Waals surface area contributed by atoms with Crippen molar-refractivity contribution in [3.63, 3.8) is 0 Å². The van der Waals surface area contributed by atoms with Gasteiger partial charge in [0.15, 0.2) is 5.69 Å². The molecule has 2 heterocycles. The maximum atomic E-state index is 13.5. The third kappa shape index (κ3) is 5.54. The number of nitrogens with zero attached hydrogens (tertiary/aromatic N) is 4. The first-order valence-corrected chi connectivity index (χ1v) is 11.9. The zero-order chi connectivity index (χ0) is 26.1. The third-order valence-electron chi connectivity index (χ3n) is 5.38. The Kier molecular flexibility index (Phi) is 6.82. The van der Waals surface area contributed by atoms with E-state index in [2.05, 4.69) is 15.3 Å². The number of aromatic nitrogens is 2. The lowest BCUT2D eigenvalue weighted by Gasteiger charge is -2.34. The normalized spacial score (nSPS) is 15.1. The van der Waals surface area contributed by atoms with Crippen LogP contribution in [0.3, 0.4) is 0 Å². The van der Waals surface area contributed by atoms with E-state index < -0.39 is 33.7 Å². The predicted molar refractivity (Wildman–Crippen MR) is 121 cm³/mol. The van der Waals surface area contributed by atoms with Crippen LogP contribution in [0.25, 0.3) is 0 Å². The smallest absolute Gasteiger partial charge is 0.433 e. The Labute approximate surface area is 203 Å². The van der Waals surface area contributed by atoms with Crippen molar-refractivity contribution in [2.75, 3.05) is 36.4 Å². The number of piperazine rings is 1. The highest BCUT2D eigenvalue weighted by Gasteiger charge is 2.35. The van der Waals surface area contributed by atoms with E-state index in [-0.39, 0.29) is 48.4 Å². The number of halogens is 4. The zero-order valence-electron chi connectivity index (χ0n) is 18.4. The molecule has 1 aliphatic heterocycles. The summed E-state index contributed by atoms with van der Waals surface area (Å²) >= 11 is 0. The topological polar surface area (TPSA) is 116 Å². The van der Waals surface area contributed by atoms with E-state index in [1.165, 1.54) is 41.3 Å². The SMILES string of the molecule is O=C(O)c1ccc(S(=O)(=O)N2CCN(c3nc(Nc4ccc(F)cc4)cc(C(F)(F)F)n3)CC2)cc1. The molecule has 1 fully saturated rings. The Bertz CT molecular complexity index is 1360. The Morgan fingerprint density at radius 1 is 0.944 bits per heavy atom. The number of rotatable bonds is 6. The van der Waals surface area contributed by atoms with Crippen LogP contribution in [-0.4, -0.2) is 59.9 Å². The standard InChI is InChI=1S/C22H19F4N5O4S/c23-15-3-5-16(6-4-15)27-19-13-18(22(24,25)26)28-21(29-19)30-9-11-31(12-10-30)36(34,35)17-7-1-14(2-8-17)20(32)33/h1-8,13H,9-12H2,(H,32,33)(H,27,28,29). The molecule has 2 aromatic carbocycles. The largest absolute Gasteiger partial charge is 0.478 e. The minimum absolute atomic E-state index is 0.0176. The highest BCUT2D eigenvalue weighted by Crippen LogP contribution is 2.31. The maximum absolute atomic E-state index is 13.5. The van der Waals surface area contributed by atoms with E-state index in [1.807, 2.05) is 0 Å². The summed E-state index contributed by atoms with van der Waals surface area (Å²) in [6.07, 6.45) is -4.76. The molecule has 0 radical (unpaired) electrons. The molecular formula is C22H19F4N5O4S. The van der Waals surface area contributed by atoms with Gasteiger partial charge >= 0.3 is 12.1 Å². The van der Waals surface area contributed by atoms with Crippen molar-refractivity contribution in [2.45, 2.75) is 11.1 Å². The molecule has 1 aromatic heterocycles. The van der Waals surface area contributed by atoms with E-state index in [0.717, 1.165) is 22.5 Å². The molecule has 0 atom stereocenters. The van der Waals surface area contributed by atoms with E-state index in [1.54, 1.807) is 0 Å². The number of carbonyl (C=O) groups is 1. The average Bonchev–Trinajstić information content (AvgIpc) is 2.85. The van der Waals surface area contributed by atoms with Gasteiger partial charge in [0, 0.05) is 37.9 Å². The van der Waals surface area contributed by atoms with Crippen molar-refractivity contribution >= 4 is 33.4 Å². The van der Waals surface area contributed by atoms with E-state index in [4.69, 9.17) is 5.11 Å². The monoisotopic (exact) mass is 525 g/mol. The van der Waals surface area contributed by atoms with Crippen LogP contribution in [0.15, 0.2) is 59.5 Å². The van der Waals surface area contributed by atoms with Crippen molar-refractivity contribution < 1.29 is 35.9 Å². The van der Waals surface area contributed by atoms with Crippen LogP contribution in [0, 0.1) is 5.82 Å². The van der Waals surface area contributed by atoms with Gasteiger partial charge in [-0.25, -0.2) is 22.6 Å². The molecule has 0 bridgehead atoms. The second kappa shape index (κ2) is 9.70. The molecule has 0 aliphatic carbocycles. The molecule has 190 valence electrons. The van der Waals surface area contributed by atoms with Gasteiger partial charge in [-0.2, -0.15) is 22.5 Å². The molecule has 4 rings (SSSR count). The Morgan fingerprint density at radius 2 is 1.56 bits per heavy atom. The summed E-state index contributed by atoms with van der Waals surface area (Å²) in [4.78, 5) is 20.1. The number of nitrogens with one attached hydrogen (secondary N) is 1. The number of alkyl halides is 3. The number of carboxylic acid groups (broad SMARTS) is 1. The van der Waals surface area contributed by atoms with Crippen LogP contribution < -0.4 is 10.2 Å². The van der Waals surface area contributed by atoms with Crippen molar-refractivity contribution in [3.05, 3.63) is 71.7 Å². The lowest BCUT2D eigenvalue weighted by atomic mass is 10.2. The average molecular weight is 525 g/mol. The molecule has 1 aliphatic rings. The summed E-state index contributed by atoms with van der Waals surface area (Å²) < 4.78 is 80.6.